The lowest BCUT2D eigenvalue weighted by Gasteiger charge is -2.26. The first-order chi connectivity index (χ1) is 16.0. The highest BCUT2D eigenvalue weighted by Crippen LogP contribution is 2.42. The van der Waals surface area contributed by atoms with Crippen LogP contribution in [0.5, 0.6) is 11.5 Å². The van der Waals surface area contributed by atoms with Crippen molar-refractivity contribution in [1.29, 1.82) is 0 Å². The Kier molecular flexibility index (Phi) is 7.17. The molecule has 8 nitrogen and oxygen atoms in total. The van der Waals surface area contributed by atoms with Gasteiger partial charge in [0, 0.05) is 37.8 Å². The zero-order valence-electron chi connectivity index (χ0n) is 18.3. The van der Waals surface area contributed by atoms with Gasteiger partial charge < -0.3 is 24.8 Å². The minimum Gasteiger partial charge on any atom is -0.507 e. The Morgan fingerprint density at radius 2 is 1.88 bits per heavy atom. The first kappa shape index (κ1) is 23.1. The molecule has 4 rings (SSSR count). The summed E-state index contributed by atoms with van der Waals surface area (Å²) in [5.74, 6) is -0.831. The van der Waals surface area contributed by atoms with Crippen molar-refractivity contribution in [3.63, 3.8) is 0 Å². The Morgan fingerprint density at radius 3 is 2.58 bits per heavy atom. The predicted octanol–water partition coefficient (Wildman–Crippen LogP) is 4.05. The molecule has 1 saturated heterocycles. The van der Waals surface area contributed by atoms with Crippen LogP contribution in [0.1, 0.15) is 29.5 Å². The monoisotopic (exact) mass is 471 g/mol. The molecule has 9 heteroatoms. The summed E-state index contributed by atoms with van der Waals surface area (Å²) < 4.78 is 10.8. The van der Waals surface area contributed by atoms with Crippen molar-refractivity contribution in [3.8, 4) is 33.9 Å². The van der Waals surface area contributed by atoms with E-state index >= 15 is 0 Å². The van der Waals surface area contributed by atoms with E-state index in [9.17, 15) is 15.0 Å². The summed E-state index contributed by atoms with van der Waals surface area (Å²) in [5, 5.41) is 27.2. The molecule has 1 aliphatic heterocycles. The highest BCUT2D eigenvalue weighted by atomic mass is 35.5. The van der Waals surface area contributed by atoms with Crippen molar-refractivity contribution >= 4 is 17.5 Å². The lowest BCUT2D eigenvalue weighted by molar-refractivity contribution is 0.0342. The van der Waals surface area contributed by atoms with Gasteiger partial charge in [0.1, 0.15) is 17.2 Å². The van der Waals surface area contributed by atoms with Gasteiger partial charge in [-0.1, -0.05) is 47.9 Å². The van der Waals surface area contributed by atoms with E-state index in [1.54, 1.807) is 0 Å². The van der Waals surface area contributed by atoms with Crippen LogP contribution in [0.3, 0.4) is 0 Å². The van der Waals surface area contributed by atoms with Crippen LogP contribution in [0.25, 0.3) is 22.4 Å². The standard InChI is InChI=1S/C24H26ClN3O5/c1-2-7-26-24(31)23-21(22(27-33-23)17-12-18(25)20(30)13-19(17)29)16-5-3-15(4-6-16)14-28-8-10-32-11-9-28/h3-6,12-13,29-30H,2,7-11,14H2,1H3,(H,26,31). The zero-order chi connectivity index (χ0) is 23.4. The van der Waals surface area contributed by atoms with E-state index in [0.29, 0.717) is 17.7 Å². The molecule has 3 aromatic rings. The molecule has 174 valence electrons. The number of phenolic OH excluding ortho intramolecular Hbond substituents is 2. The molecule has 0 saturated carbocycles. The Bertz CT molecular complexity index is 1120. The van der Waals surface area contributed by atoms with Crippen molar-refractivity contribution < 1.29 is 24.3 Å². The van der Waals surface area contributed by atoms with E-state index in [-0.39, 0.29) is 33.5 Å². The molecular formula is C24H26ClN3O5. The summed E-state index contributed by atoms with van der Waals surface area (Å²) in [4.78, 5) is 15.1. The average Bonchev–Trinajstić information content (AvgIpc) is 3.26. The molecule has 0 atom stereocenters. The summed E-state index contributed by atoms with van der Waals surface area (Å²) in [7, 11) is 0. The lowest BCUT2D eigenvalue weighted by Crippen LogP contribution is -2.35. The number of ether oxygens (including phenoxy) is 1. The summed E-state index contributed by atoms with van der Waals surface area (Å²) in [6.45, 7) is 6.49. The second-order valence-corrected chi connectivity index (χ2v) is 8.30. The number of aromatic hydroxyl groups is 2. The molecular weight excluding hydrogens is 446 g/mol. The first-order valence-corrected chi connectivity index (χ1v) is 11.2. The van der Waals surface area contributed by atoms with Crippen molar-refractivity contribution in [2.45, 2.75) is 19.9 Å². The van der Waals surface area contributed by atoms with Crippen molar-refractivity contribution in [2.75, 3.05) is 32.8 Å². The summed E-state index contributed by atoms with van der Waals surface area (Å²) in [5.41, 5.74) is 2.80. The van der Waals surface area contributed by atoms with E-state index in [1.807, 2.05) is 31.2 Å². The second-order valence-electron chi connectivity index (χ2n) is 7.90. The van der Waals surface area contributed by atoms with Crippen LogP contribution < -0.4 is 5.32 Å². The third-order valence-corrected chi connectivity index (χ3v) is 5.81. The summed E-state index contributed by atoms with van der Waals surface area (Å²) >= 11 is 6.07. The number of amides is 1. The van der Waals surface area contributed by atoms with Crippen molar-refractivity contribution in [3.05, 3.63) is 52.7 Å². The van der Waals surface area contributed by atoms with Crippen molar-refractivity contribution in [2.24, 2.45) is 0 Å². The fraction of sp³-hybridized carbons (Fsp3) is 0.333. The number of hydrogen-bond donors (Lipinski definition) is 3. The predicted molar refractivity (Wildman–Crippen MR) is 124 cm³/mol. The maximum atomic E-state index is 12.8. The molecule has 0 spiro atoms. The third kappa shape index (κ3) is 5.13. The van der Waals surface area contributed by atoms with Gasteiger partial charge in [0.05, 0.1) is 23.8 Å². The number of nitrogens with zero attached hydrogens (tertiary/aromatic N) is 2. The Labute approximate surface area is 196 Å². The number of hydrogen-bond acceptors (Lipinski definition) is 7. The van der Waals surface area contributed by atoms with Crippen LogP contribution in [0.2, 0.25) is 5.02 Å². The van der Waals surface area contributed by atoms with Crippen molar-refractivity contribution in [1.82, 2.24) is 15.4 Å². The molecule has 0 radical (unpaired) electrons. The minimum absolute atomic E-state index is 0.0444. The summed E-state index contributed by atoms with van der Waals surface area (Å²) in [6, 6.07) is 10.3. The Morgan fingerprint density at radius 1 is 1.15 bits per heavy atom. The van der Waals surface area contributed by atoms with E-state index in [0.717, 1.165) is 50.9 Å². The van der Waals surface area contributed by atoms with E-state index in [1.165, 1.54) is 6.07 Å². The quantitative estimate of drug-likeness (QED) is 0.477. The Balaban J connectivity index is 1.72. The summed E-state index contributed by atoms with van der Waals surface area (Å²) in [6.07, 6.45) is 0.770. The average molecular weight is 472 g/mol. The number of carbonyl (C=O) groups excluding carboxylic acids is 1. The van der Waals surface area contributed by atoms with Gasteiger partial charge in [-0.15, -0.1) is 0 Å². The number of halogens is 1. The molecule has 0 bridgehead atoms. The molecule has 1 aromatic heterocycles. The lowest BCUT2D eigenvalue weighted by atomic mass is 9.97. The van der Waals surface area contributed by atoms with Crippen LogP contribution in [0.15, 0.2) is 40.9 Å². The van der Waals surface area contributed by atoms with Gasteiger partial charge in [-0.2, -0.15) is 0 Å². The molecule has 2 heterocycles. The van der Waals surface area contributed by atoms with Gasteiger partial charge in [-0.05, 0) is 23.6 Å². The number of phenols is 2. The minimum atomic E-state index is -0.396. The van der Waals surface area contributed by atoms with Crippen LogP contribution in [-0.4, -0.2) is 59.0 Å². The fourth-order valence-electron chi connectivity index (χ4n) is 3.75. The highest BCUT2D eigenvalue weighted by Gasteiger charge is 2.26. The second kappa shape index (κ2) is 10.2. The van der Waals surface area contributed by atoms with Gasteiger partial charge in [0.25, 0.3) is 5.91 Å². The maximum Gasteiger partial charge on any atom is 0.290 e. The molecule has 1 fully saturated rings. The fourth-order valence-corrected chi connectivity index (χ4v) is 3.91. The molecule has 3 N–H and O–H groups in total. The smallest absolute Gasteiger partial charge is 0.290 e. The van der Waals surface area contributed by atoms with Crippen LogP contribution in [0, 0.1) is 0 Å². The SMILES string of the molecule is CCCNC(=O)c1onc(-c2cc(Cl)c(O)cc2O)c1-c1ccc(CN2CCOCC2)cc1. The molecule has 0 unspecified atom stereocenters. The number of morpholine rings is 1. The molecule has 1 aliphatic rings. The molecule has 2 aromatic carbocycles. The van der Waals surface area contributed by atoms with E-state index in [4.69, 9.17) is 20.9 Å². The Hall–Kier alpha value is -3.07. The topological polar surface area (TPSA) is 108 Å². The molecule has 1 amide bonds. The van der Waals surface area contributed by atoms with Crippen LogP contribution in [-0.2, 0) is 11.3 Å². The third-order valence-electron chi connectivity index (χ3n) is 5.51. The van der Waals surface area contributed by atoms with Gasteiger partial charge in [-0.25, -0.2) is 0 Å². The number of carbonyl (C=O) groups is 1. The number of benzene rings is 2. The van der Waals surface area contributed by atoms with Gasteiger partial charge in [0.15, 0.2) is 0 Å². The van der Waals surface area contributed by atoms with Gasteiger partial charge >= 0.3 is 0 Å². The maximum absolute atomic E-state index is 12.8. The molecule has 0 aliphatic carbocycles. The van der Waals surface area contributed by atoms with E-state index in [2.05, 4.69) is 15.4 Å². The van der Waals surface area contributed by atoms with Crippen LogP contribution >= 0.6 is 11.6 Å². The number of nitrogens with one attached hydrogen (secondary N) is 1. The van der Waals surface area contributed by atoms with Gasteiger partial charge in [-0.3, -0.25) is 9.69 Å². The highest BCUT2D eigenvalue weighted by molar-refractivity contribution is 6.32. The normalized spacial score (nSPS) is 14.4. The number of rotatable bonds is 7. The van der Waals surface area contributed by atoms with Gasteiger partial charge in [0.2, 0.25) is 5.76 Å². The van der Waals surface area contributed by atoms with Crippen LogP contribution in [0.4, 0.5) is 0 Å². The zero-order valence-corrected chi connectivity index (χ0v) is 19.1. The number of aromatic nitrogens is 1. The first-order valence-electron chi connectivity index (χ1n) is 10.9. The molecule has 33 heavy (non-hydrogen) atoms. The largest absolute Gasteiger partial charge is 0.507 e. The van der Waals surface area contributed by atoms with E-state index < -0.39 is 5.91 Å².